The van der Waals surface area contributed by atoms with Crippen LogP contribution in [0.2, 0.25) is 10.0 Å². The summed E-state index contributed by atoms with van der Waals surface area (Å²) in [6.07, 6.45) is 0. The Bertz CT molecular complexity index is 2600. The van der Waals surface area contributed by atoms with E-state index in [9.17, 15) is 36.6 Å². The average molecular weight is 889 g/mol. The maximum Gasteiger partial charge on any atom is 1.00 e. The zero-order valence-corrected chi connectivity index (χ0v) is 35.6. The van der Waals surface area contributed by atoms with Crippen LogP contribution < -0.4 is 51.0 Å². The van der Waals surface area contributed by atoms with Gasteiger partial charge in [0, 0.05) is 39.5 Å². The Kier molecular flexibility index (Phi) is 15.4. The number of sulfonamides is 2. The summed E-state index contributed by atoms with van der Waals surface area (Å²) >= 11 is 11.7. The molecule has 6 N–H and O–H groups in total. The Morgan fingerprint density at radius 1 is 0.625 bits per heavy atom. The van der Waals surface area contributed by atoms with Gasteiger partial charge in [0.05, 0.1) is 21.2 Å². The van der Waals surface area contributed by atoms with Gasteiger partial charge in [-0.2, -0.15) is 10.2 Å². The second-order valence-corrected chi connectivity index (χ2v) is 15.0. The molecule has 4 aromatic carbocycles. The van der Waals surface area contributed by atoms with Crippen LogP contribution in [-0.4, -0.2) is 46.6 Å². The van der Waals surface area contributed by atoms with Crippen LogP contribution in [0.15, 0.2) is 125 Å². The minimum atomic E-state index is -3.96. The molecule has 0 fully saturated rings. The molecule has 2 aromatic heterocycles. The van der Waals surface area contributed by atoms with Gasteiger partial charge in [0.25, 0.3) is 0 Å². The van der Waals surface area contributed by atoms with Crippen molar-refractivity contribution >= 4 is 66.0 Å². The van der Waals surface area contributed by atoms with Crippen molar-refractivity contribution in [3.8, 4) is 22.9 Å². The van der Waals surface area contributed by atoms with Crippen LogP contribution in [0.3, 0.4) is 0 Å². The molecule has 286 valence electrons. The number of nitrogens with two attached hydrogens (primary N) is 2. The van der Waals surface area contributed by atoms with Gasteiger partial charge in [0.1, 0.15) is 34.0 Å². The van der Waals surface area contributed by atoms with E-state index in [0.717, 1.165) is 21.5 Å². The first-order valence-electron chi connectivity index (χ1n) is 14.9. The monoisotopic (exact) mass is 887 g/mol. The Labute approximate surface area is 361 Å². The van der Waals surface area contributed by atoms with Gasteiger partial charge in [-0.3, -0.25) is 0 Å². The number of rotatable bonds is 8. The number of phenolic OH excluding ortho intramolecular Hbond substituents is 2. The second kappa shape index (κ2) is 18.7. The molecule has 0 aliphatic rings. The van der Waals surface area contributed by atoms with Gasteiger partial charge in [0.2, 0.25) is 20.0 Å². The van der Waals surface area contributed by atoms with E-state index in [0.29, 0.717) is 32.8 Å². The summed E-state index contributed by atoms with van der Waals surface area (Å²) in [7, 11) is -7.92. The number of benzene rings is 4. The van der Waals surface area contributed by atoms with Crippen molar-refractivity contribution in [3.63, 3.8) is 0 Å². The SMILES string of the molecule is Cc1nn(-c2ccc(Cl)cc2)c(=O)[c-]1N=Nc1ccc(S(N)(=O)=O)cc1O.Cc1nn(-c2ccc(Cl)cc2)c(=O)[c-]1N=Nc1ccc(S(N)(=O)=O)cc1O.[Cr].[Na+]. The topological polar surface area (TPSA) is 280 Å². The number of halogens is 2. The van der Waals surface area contributed by atoms with Crippen molar-refractivity contribution in [3.05, 3.63) is 127 Å². The summed E-state index contributed by atoms with van der Waals surface area (Å²) in [6, 6.07) is 19.7. The molecule has 56 heavy (non-hydrogen) atoms. The van der Waals surface area contributed by atoms with Crippen LogP contribution in [0, 0.1) is 13.8 Å². The van der Waals surface area contributed by atoms with E-state index in [-0.39, 0.29) is 79.5 Å². The van der Waals surface area contributed by atoms with Gasteiger partial charge < -0.3 is 30.0 Å². The van der Waals surface area contributed by atoms with Crippen molar-refractivity contribution in [1.82, 2.24) is 19.6 Å². The van der Waals surface area contributed by atoms with E-state index < -0.39 is 42.7 Å². The molecule has 0 unspecified atom stereocenters. The number of primary sulfonamides is 2. The van der Waals surface area contributed by atoms with Crippen LogP contribution in [0.4, 0.5) is 22.7 Å². The van der Waals surface area contributed by atoms with Crippen molar-refractivity contribution in [2.24, 2.45) is 30.7 Å². The number of aromatic hydroxyl groups is 2. The Hall–Kier alpha value is -4.37. The van der Waals surface area contributed by atoms with Crippen LogP contribution in [0.5, 0.6) is 11.5 Å². The van der Waals surface area contributed by atoms with Crippen molar-refractivity contribution in [2.45, 2.75) is 23.6 Å². The number of nitrogens with zero attached hydrogens (tertiary/aromatic N) is 8. The number of hydrogen-bond donors (Lipinski definition) is 4. The molecule has 6 aromatic rings. The summed E-state index contributed by atoms with van der Waals surface area (Å²) in [5.41, 5.74) is 0.598. The quantitative estimate of drug-likeness (QED) is 0.0984. The molecule has 0 atom stereocenters. The molecule has 2 heterocycles. The van der Waals surface area contributed by atoms with Crippen LogP contribution in [0.1, 0.15) is 11.4 Å². The van der Waals surface area contributed by atoms with E-state index >= 15 is 0 Å². The first-order valence-corrected chi connectivity index (χ1v) is 18.8. The Balaban J connectivity index is 0.000000290. The van der Waals surface area contributed by atoms with Crippen molar-refractivity contribution in [2.75, 3.05) is 0 Å². The van der Waals surface area contributed by atoms with E-state index in [1.54, 1.807) is 62.4 Å². The molecular formula is C32H26Cl2CrN10NaO8S2-. The van der Waals surface area contributed by atoms with Crippen molar-refractivity contribution in [1.29, 1.82) is 0 Å². The molecular weight excluding hydrogens is 862 g/mol. The molecule has 0 aliphatic heterocycles. The molecule has 0 radical (unpaired) electrons. The third-order valence-electron chi connectivity index (χ3n) is 7.18. The summed E-state index contributed by atoms with van der Waals surface area (Å²) in [5.74, 6) is -0.888. The molecule has 0 amide bonds. The van der Waals surface area contributed by atoms with Gasteiger partial charge in [-0.15, -0.1) is 11.4 Å². The number of hydrogen-bond acceptors (Lipinski definition) is 14. The van der Waals surface area contributed by atoms with Crippen molar-refractivity contribution < 1.29 is 74.0 Å². The Morgan fingerprint density at radius 3 is 1.23 bits per heavy atom. The third kappa shape index (κ3) is 10.9. The zero-order valence-electron chi connectivity index (χ0n) is 29.1. The number of phenols is 2. The van der Waals surface area contributed by atoms with E-state index in [1.807, 2.05) is 0 Å². The smallest absolute Gasteiger partial charge is 0.506 e. The van der Waals surface area contributed by atoms with Gasteiger partial charge in [-0.1, -0.05) is 48.4 Å². The molecule has 0 saturated carbocycles. The molecule has 18 nitrogen and oxygen atoms in total. The molecule has 0 saturated heterocycles. The fraction of sp³-hybridized carbons (Fsp3) is 0.0625. The van der Waals surface area contributed by atoms with E-state index in [1.165, 1.54) is 24.3 Å². The molecule has 0 bridgehead atoms. The van der Waals surface area contributed by atoms with Gasteiger partial charge >= 0.3 is 29.6 Å². The van der Waals surface area contributed by atoms with Crippen LogP contribution in [-0.2, 0) is 37.4 Å². The summed E-state index contributed by atoms with van der Waals surface area (Å²) in [4.78, 5) is 24.5. The zero-order chi connectivity index (χ0) is 39.5. The second-order valence-electron chi connectivity index (χ2n) is 11.0. The maximum absolute atomic E-state index is 12.5. The summed E-state index contributed by atoms with van der Waals surface area (Å²) in [5, 5.41) is 54.4. The number of aryl methyl sites for hydroxylation is 2. The largest absolute Gasteiger partial charge is 1.00 e. The first-order chi connectivity index (χ1) is 25.3. The number of azo groups is 2. The Morgan fingerprint density at radius 2 is 0.946 bits per heavy atom. The van der Waals surface area contributed by atoms with Gasteiger partial charge in [-0.05, 0) is 72.8 Å². The van der Waals surface area contributed by atoms with Crippen LogP contribution in [0.25, 0.3) is 11.4 Å². The predicted molar refractivity (Wildman–Crippen MR) is 198 cm³/mol. The fourth-order valence-corrected chi connectivity index (χ4v) is 5.80. The summed E-state index contributed by atoms with van der Waals surface area (Å²) < 4.78 is 47.4. The van der Waals surface area contributed by atoms with Crippen LogP contribution >= 0.6 is 23.2 Å². The maximum atomic E-state index is 12.5. The first kappa shape index (κ1) is 46.0. The molecule has 0 aliphatic carbocycles. The van der Waals surface area contributed by atoms with E-state index in [4.69, 9.17) is 33.5 Å². The average Bonchev–Trinajstić information content (AvgIpc) is 3.55. The summed E-state index contributed by atoms with van der Waals surface area (Å²) in [6.45, 7) is 3.18. The third-order valence-corrected chi connectivity index (χ3v) is 9.51. The number of aromatic nitrogens is 4. The fourth-order valence-electron chi connectivity index (χ4n) is 4.48. The predicted octanol–water partition coefficient (Wildman–Crippen LogP) is 2.36. The van der Waals surface area contributed by atoms with Gasteiger partial charge in [0.15, 0.2) is 0 Å². The molecule has 6 rings (SSSR count). The van der Waals surface area contributed by atoms with Gasteiger partial charge in [-0.25, -0.2) is 46.7 Å². The molecule has 0 spiro atoms. The minimum absolute atomic E-state index is 0. The standard InChI is InChI=1S/2C16H13ClN5O4S.Cr.Na/c2*1-9-15(16(24)22(21-9)11-4-2-10(17)3-5-11)20-19-13-7-6-12(8-14(13)23)27(18,25)26;;/h2*2-8,23H,1H3,(H2,18,25,26);;/q2*-1;;+1. The molecule has 24 heteroatoms. The normalized spacial score (nSPS) is 11.5. The van der Waals surface area contributed by atoms with E-state index in [2.05, 4.69) is 30.7 Å². The minimum Gasteiger partial charge on any atom is -0.506 e.